The maximum atomic E-state index is 3.75. The summed E-state index contributed by atoms with van der Waals surface area (Å²) in [5, 5.41) is 0. The van der Waals surface area contributed by atoms with Gasteiger partial charge in [-0.25, -0.2) is 0 Å². The van der Waals surface area contributed by atoms with Gasteiger partial charge in [-0.2, -0.15) is 0 Å². The van der Waals surface area contributed by atoms with E-state index >= 15 is 0 Å². The van der Waals surface area contributed by atoms with Crippen LogP contribution in [0.1, 0.15) is 13.8 Å². The van der Waals surface area contributed by atoms with E-state index < -0.39 is 0 Å². The van der Waals surface area contributed by atoms with Gasteiger partial charge in [0.15, 0.2) is 0 Å². The average molecular weight is 182 g/mol. The largest absolute Gasteiger partial charge is 0.287 e. The van der Waals surface area contributed by atoms with Gasteiger partial charge in [-0.3, -0.25) is 9.80 Å². The molecule has 2 nitrogen and oxygen atoms in total. The highest BCUT2D eigenvalue weighted by Crippen LogP contribution is 1.94. The molecule has 0 bridgehead atoms. The van der Waals surface area contributed by atoms with Crippen molar-refractivity contribution >= 4 is 0 Å². The third-order valence-electron chi connectivity index (χ3n) is 2.07. The first-order valence-corrected chi connectivity index (χ1v) is 4.94. The lowest BCUT2D eigenvalue weighted by molar-refractivity contribution is 0.165. The smallest absolute Gasteiger partial charge is 0.0512 e. The zero-order valence-corrected chi connectivity index (χ0v) is 9.00. The first-order valence-electron chi connectivity index (χ1n) is 4.94. The monoisotopic (exact) mass is 182 g/mol. The molecule has 0 rings (SSSR count). The third kappa shape index (κ3) is 5.61. The summed E-state index contributed by atoms with van der Waals surface area (Å²) in [4.78, 5) is 4.69. The molecule has 0 aliphatic rings. The minimum Gasteiger partial charge on any atom is -0.287 e. The van der Waals surface area contributed by atoms with Crippen LogP contribution in [0.3, 0.4) is 0 Å². The first kappa shape index (κ1) is 12.4. The molecular weight excluding hydrogens is 160 g/mol. The highest BCUT2D eigenvalue weighted by Gasteiger charge is 2.04. The van der Waals surface area contributed by atoms with Crippen molar-refractivity contribution < 1.29 is 0 Å². The van der Waals surface area contributed by atoms with E-state index in [2.05, 4.69) is 36.8 Å². The molecule has 2 heteroatoms. The van der Waals surface area contributed by atoms with Crippen LogP contribution in [0.25, 0.3) is 0 Å². The Morgan fingerprint density at radius 1 is 0.923 bits per heavy atom. The van der Waals surface area contributed by atoms with Crippen molar-refractivity contribution in [1.29, 1.82) is 0 Å². The van der Waals surface area contributed by atoms with E-state index in [0.717, 1.165) is 32.8 Å². The third-order valence-corrected chi connectivity index (χ3v) is 2.07. The van der Waals surface area contributed by atoms with E-state index in [1.165, 1.54) is 0 Å². The number of hydrogen-bond donors (Lipinski definition) is 0. The molecule has 0 unspecified atom stereocenters. The molecule has 0 spiro atoms. The van der Waals surface area contributed by atoms with Crippen LogP contribution in [-0.4, -0.2) is 42.6 Å². The second-order valence-electron chi connectivity index (χ2n) is 3.06. The Morgan fingerprint density at radius 3 is 1.54 bits per heavy atom. The molecule has 0 saturated heterocycles. The van der Waals surface area contributed by atoms with Crippen molar-refractivity contribution in [2.45, 2.75) is 13.8 Å². The van der Waals surface area contributed by atoms with Crippen molar-refractivity contribution in [3.8, 4) is 0 Å². The highest BCUT2D eigenvalue weighted by molar-refractivity contribution is 4.76. The first-order chi connectivity index (χ1) is 6.28. The Hall–Kier alpha value is -0.600. The van der Waals surface area contributed by atoms with Crippen LogP contribution in [-0.2, 0) is 0 Å². The van der Waals surface area contributed by atoms with Gasteiger partial charge in [0.1, 0.15) is 0 Å². The molecule has 76 valence electrons. The van der Waals surface area contributed by atoms with Crippen LogP contribution in [0.4, 0.5) is 0 Å². The van der Waals surface area contributed by atoms with Crippen molar-refractivity contribution in [2.24, 2.45) is 0 Å². The van der Waals surface area contributed by atoms with Crippen molar-refractivity contribution in [3.63, 3.8) is 0 Å². The maximum absolute atomic E-state index is 3.75. The summed E-state index contributed by atoms with van der Waals surface area (Å²) in [6.07, 6.45) is 3.90. The van der Waals surface area contributed by atoms with Crippen LogP contribution in [0.15, 0.2) is 25.3 Å². The van der Waals surface area contributed by atoms with Crippen LogP contribution in [0.5, 0.6) is 0 Å². The lowest BCUT2D eigenvalue weighted by atomic mass is 10.4. The molecule has 0 aliphatic carbocycles. The fraction of sp³-hybridized carbons (Fsp3) is 0.636. The summed E-state index contributed by atoms with van der Waals surface area (Å²) in [7, 11) is 0. The van der Waals surface area contributed by atoms with Gasteiger partial charge in [0.05, 0.1) is 6.67 Å². The van der Waals surface area contributed by atoms with E-state index in [4.69, 9.17) is 0 Å². The summed E-state index contributed by atoms with van der Waals surface area (Å²) in [5.41, 5.74) is 0. The van der Waals surface area contributed by atoms with Gasteiger partial charge in [-0.15, -0.1) is 13.2 Å². The molecule has 0 atom stereocenters. The molecule has 0 radical (unpaired) electrons. The van der Waals surface area contributed by atoms with Gasteiger partial charge in [-0.1, -0.05) is 26.0 Å². The van der Waals surface area contributed by atoms with E-state index in [1.54, 1.807) is 0 Å². The number of rotatable bonds is 8. The molecule has 0 heterocycles. The molecule has 0 amide bonds. The number of likely N-dealkylation sites (N-methyl/N-ethyl adjacent to an activating group) is 2. The Labute approximate surface area is 82.5 Å². The van der Waals surface area contributed by atoms with E-state index in [9.17, 15) is 0 Å². The molecule has 13 heavy (non-hydrogen) atoms. The van der Waals surface area contributed by atoms with E-state index in [1.807, 2.05) is 12.2 Å². The lowest BCUT2D eigenvalue weighted by Gasteiger charge is -2.27. The molecule has 0 aromatic heterocycles. The van der Waals surface area contributed by atoms with E-state index in [0.29, 0.717) is 0 Å². The minimum absolute atomic E-state index is 0.962. The summed E-state index contributed by atoms with van der Waals surface area (Å²) in [5.74, 6) is 0. The zero-order chi connectivity index (χ0) is 10.1. The molecule has 0 saturated carbocycles. The fourth-order valence-corrected chi connectivity index (χ4v) is 1.22. The predicted octanol–water partition coefficient (Wildman–Crippen LogP) is 1.96. The normalized spacial score (nSPS) is 10.8. The lowest BCUT2D eigenvalue weighted by Crippen LogP contribution is -2.37. The minimum atomic E-state index is 0.962. The quantitative estimate of drug-likeness (QED) is 0.418. The summed E-state index contributed by atoms with van der Waals surface area (Å²) >= 11 is 0. The molecular formula is C11H22N2. The van der Waals surface area contributed by atoms with Gasteiger partial charge in [-0.05, 0) is 13.1 Å². The Balaban J connectivity index is 3.85. The number of nitrogens with zero attached hydrogens (tertiary/aromatic N) is 2. The summed E-state index contributed by atoms with van der Waals surface area (Å²) < 4.78 is 0. The number of hydrogen-bond acceptors (Lipinski definition) is 2. The van der Waals surface area contributed by atoms with Gasteiger partial charge in [0, 0.05) is 13.1 Å². The second kappa shape index (κ2) is 8.02. The Morgan fingerprint density at radius 2 is 1.31 bits per heavy atom. The topological polar surface area (TPSA) is 6.48 Å². The molecule has 0 N–H and O–H groups in total. The molecule has 0 fully saturated rings. The maximum Gasteiger partial charge on any atom is 0.0512 e. The Bertz CT molecular complexity index is 127. The van der Waals surface area contributed by atoms with Crippen molar-refractivity contribution in [1.82, 2.24) is 9.80 Å². The van der Waals surface area contributed by atoms with Crippen LogP contribution >= 0.6 is 0 Å². The predicted molar refractivity (Wildman–Crippen MR) is 59.8 cm³/mol. The van der Waals surface area contributed by atoms with Gasteiger partial charge < -0.3 is 0 Å². The molecule has 0 aromatic carbocycles. The fourth-order valence-electron chi connectivity index (χ4n) is 1.22. The average Bonchev–Trinajstić information content (AvgIpc) is 2.16. The Kier molecular flexibility index (Phi) is 7.65. The van der Waals surface area contributed by atoms with Crippen LogP contribution < -0.4 is 0 Å². The van der Waals surface area contributed by atoms with Gasteiger partial charge in [0.2, 0.25) is 0 Å². The van der Waals surface area contributed by atoms with Crippen molar-refractivity contribution in [3.05, 3.63) is 25.3 Å². The zero-order valence-electron chi connectivity index (χ0n) is 9.00. The van der Waals surface area contributed by atoms with Gasteiger partial charge >= 0.3 is 0 Å². The standard InChI is InChI=1S/C11H22N2/c1-5-9-12(7-3)11-13(8-4)10-6-2/h5-6H,1-2,7-11H2,3-4H3. The summed E-state index contributed by atoms with van der Waals surface area (Å²) in [6.45, 7) is 16.9. The van der Waals surface area contributed by atoms with Crippen molar-refractivity contribution in [2.75, 3.05) is 32.8 Å². The highest BCUT2D eigenvalue weighted by atomic mass is 15.3. The SMILES string of the molecule is C=CCN(CC)CN(CC)CC=C. The van der Waals surface area contributed by atoms with Gasteiger partial charge in [0.25, 0.3) is 0 Å². The molecule has 0 aliphatic heterocycles. The van der Waals surface area contributed by atoms with Crippen LogP contribution in [0, 0.1) is 0 Å². The van der Waals surface area contributed by atoms with E-state index in [-0.39, 0.29) is 0 Å². The van der Waals surface area contributed by atoms with Crippen LogP contribution in [0.2, 0.25) is 0 Å². The summed E-state index contributed by atoms with van der Waals surface area (Å²) in [6, 6.07) is 0. The second-order valence-corrected chi connectivity index (χ2v) is 3.06. The molecule has 0 aromatic rings.